The number of nitrogens with one attached hydrogen (secondary N) is 2. The van der Waals surface area contributed by atoms with Crippen molar-refractivity contribution in [3.05, 3.63) is 35.3 Å². The highest BCUT2D eigenvalue weighted by Gasteiger charge is 2.15. The summed E-state index contributed by atoms with van der Waals surface area (Å²) in [5.41, 5.74) is 1.87. The predicted molar refractivity (Wildman–Crippen MR) is 96.4 cm³/mol. The number of anilines is 1. The number of aromatic nitrogens is 1. The van der Waals surface area contributed by atoms with E-state index in [1.807, 2.05) is 36.6 Å². The van der Waals surface area contributed by atoms with E-state index in [0.29, 0.717) is 6.04 Å². The lowest BCUT2D eigenvalue weighted by molar-refractivity contribution is 0.244. The van der Waals surface area contributed by atoms with Crippen LogP contribution in [0.3, 0.4) is 0 Å². The molecular weight excluding hydrogens is 326 g/mol. The summed E-state index contributed by atoms with van der Waals surface area (Å²) >= 11 is 3.29. The van der Waals surface area contributed by atoms with Crippen molar-refractivity contribution in [1.29, 1.82) is 0 Å². The highest BCUT2D eigenvalue weighted by molar-refractivity contribution is 8.01. The topological polar surface area (TPSA) is 54.0 Å². The van der Waals surface area contributed by atoms with Crippen LogP contribution in [0.15, 0.2) is 38.9 Å². The molecule has 1 heterocycles. The van der Waals surface area contributed by atoms with Gasteiger partial charge < -0.3 is 10.6 Å². The second-order valence-electron chi connectivity index (χ2n) is 5.81. The summed E-state index contributed by atoms with van der Waals surface area (Å²) in [6, 6.07) is 8.11. The number of carbonyl (C=O) groups is 1. The van der Waals surface area contributed by atoms with Crippen molar-refractivity contribution >= 4 is 34.8 Å². The molecule has 1 aliphatic rings. The Kier molecular flexibility index (Phi) is 5.56. The fourth-order valence-corrected chi connectivity index (χ4v) is 4.50. The highest BCUT2D eigenvalue weighted by Crippen LogP contribution is 2.30. The molecule has 122 valence electrons. The van der Waals surface area contributed by atoms with Crippen LogP contribution in [0.1, 0.15) is 37.8 Å². The molecule has 6 heteroatoms. The third kappa shape index (κ3) is 4.97. The van der Waals surface area contributed by atoms with Gasteiger partial charge in [-0.15, -0.1) is 11.3 Å². The van der Waals surface area contributed by atoms with Crippen LogP contribution < -0.4 is 10.6 Å². The average molecular weight is 348 g/mol. The van der Waals surface area contributed by atoms with Crippen LogP contribution in [-0.4, -0.2) is 17.1 Å². The number of thiazole rings is 1. The molecule has 1 aliphatic carbocycles. The van der Waals surface area contributed by atoms with Gasteiger partial charge in [0.25, 0.3) is 0 Å². The summed E-state index contributed by atoms with van der Waals surface area (Å²) in [7, 11) is 0. The zero-order chi connectivity index (χ0) is 16.1. The molecule has 1 saturated carbocycles. The first-order chi connectivity index (χ1) is 11.2. The number of urea groups is 1. The number of rotatable bonds is 4. The molecule has 0 saturated heterocycles. The minimum absolute atomic E-state index is 0.104. The molecule has 0 aliphatic heterocycles. The smallest absolute Gasteiger partial charge is 0.319 e. The van der Waals surface area contributed by atoms with E-state index in [9.17, 15) is 4.79 Å². The van der Waals surface area contributed by atoms with Crippen LogP contribution in [0.2, 0.25) is 0 Å². The van der Waals surface area contributed by atoms with Gasteiger partial charge in [-0.2, -0.15) is 0 Å². The van der Waals surface area contributed by atoms with Crippen molar-refractivity contribution in [2.24, 2.45) is 0 Å². The van der Waals surface area contributed by atoms with E-state index in [1.165, 1.54) is 19.3 Å². The maximum absolute atomic E-state index is 12.0. The van der Waals surface area contributed by atoms with Crippen molar-refractivity contribution in [3.8, 4) is 0 Å². The maximum atomic E-state index is 12.0. The molecule has 23 heavy (non-hydrogen) atoms. The summed E-state index contributed by atoms with van der Waals surface area (Å²) in [6.07, 6.45) is 5.91. The van der Waals surface area contributed by atoms with Gasteiger partial charge >= 0.3 is 6.03 Å². The Morgan fingerprint density at radius 2 is 1.96 bits per heavy atom. The summed E-state index contributed by atoms with van der Waals surface area (Å²) < 4.78 is 1.04. The van der Waals surface area contributed by atoms with Gasteiger partial charge in [0.05, 0.1) is 0 Å². The molecule has 3 rings (SSSR count). The first kappa shape index (κ1) is 16.3. The quantitative estimate of drug-likeness (QED) is 0.813. The van der Waals surface area contributed by atoms with Gasteiger partial charge in [-0.3, -0.25) is 0 Å². The largest absolute Gasteiger partial charge is 0.335 e. The maximum Gasteiger partial charge on any atom is 0.319 e. The number of aryl methyl sites for hydroxylation is 1. The van der Waals surface area contributed by atoms with Crippen LogP contribution in [-0.2, 0) is 0 Å². The highest BCUT2D eigenvalue weighted by atomic mass is 32.2. The molecule has 0 unspecified atom stereocenters. The number of nitrogens with zero attached hydrogens (tertiary/aromatic N) is 1. The van der Waals surface area contributed by atoms with Gasteiger partial charge in [0.15, 0.2) is 4.34 Å². The minimum atomic E-state index is -0.104. The van der Waals surface area contributed by atoms with Gasteiger partial charge in [0.2, 0.25) is 0 Å². The van der Waals surface area contributed by atoms with Gasteiger partial charge in [-0.1, -0.05) is 31.0 Å². The standard InChI is InChI=1S/C17H21N3OS2/c1-12-11-22-17(18-12)23-15-9-7-14(8-10-15)20-16(21)19-13-5-3-2-4-6-13/h7-11,13H,2-6H2,1H3,(H2,19,20,21). The molecule has 1 aromatic carbocycles. The van der Waals surface area contributed by atoms with Gasteiger partial charge in [0.1, 0.15) is 0 Å². The lowest BCUT2D eigenvalue weighted by atomic mass is 9.96. The SMILES string of the molecule is Cc1csc(Sc2ccc(NC(=O)NC3CCCCC3)cc2)n1. The van der Waals surface area contributed by atoms with E-state index in [2.05, 4.69) is 15.6 Å². The predicted octanol–water partition coefficient (Wildman–Crippen LogP) is 5.06. The molecule has 0 bridgehead atoms. The normalized spacial score (nSPS) is 15.3. The Morgan fingerprint density at radius 1 is 1.22 bits per heavy atom. The van der Waals surface area contributed by atoms with Crippen molar-refractivity contribution in [2.75, 3.05) is 5.32 Å². The molecule has 2 aromatic rings. The van der Waals surface area contributed by atoms with Crippen molar-refractivity contribution in [3.63, 3.8) is 0 Å². The van der Waals surface area contributed by atoms with E-state index in [1.54, 1.807) is 23.1 Å². The molecular formula is C17H21N3OS2. The molecule has 0 radical (unpaired) electrons. The molecule has 4 nitrogen and oxygen atoms in total. The molecule has 1 aromatic heterocycles. The minimum Gasteiger partial charge on any atom is -0.335 e. The number of carbonyl (C=O) groups excluding carboxylic acids is 1. The second kappa shape index (κ2) is 7.84. The van der Waals surface area contributed by atoms with Crippen molar-refractivity contribution < 1.29 is 4.79 Å². The van der Waals surface area contributed by atoms with Gasteiger partial charge in [-0.05, 0) is 44.0 Å². The van der Waals surface area contributed by atoms with E-state index in [0.717, 1.165) is 33.5 Å². The Balaban J connectivity index is 1.51. The first-order valence-corrected chi connectivity index (χ1v) is 9.66. The summed E-state index contributed by atoms with van der Waals surface area (Å²) in [5.74, 6) is 0. The van der Waals surface area contributed by atoms with Crippen molar-refractivity contribution in [2.45, 2.75) is 54.3 Å². The Morgan fingerprint density at radius 3 is 2.61 bits per heavy atom. The molecule has 2 N–H and O–H groups in total. The monoisotopic (exact) mass is 347 g/mol. The molecule has 0 spiro atoms. The van der Waals surface area contributed by atoms with E-state index in [-0.39, 0.29) is 6.03 Å². The van der Waals surface area contributed by atoms with Crippen LogP contribution >= 0.6 is 23.1 Å². The molecule has 2 amide bonds. The van der Waals surface area contributed by atoms with Crippen LogP contribution in [0.4, 0.5) is 10.5 Å². The first-order valence-electron chi connectivity index (χ1n) is 7.96. The van der Waals surface area contributed by atoms with Gasteiger partial charge in [0, 0.05) is 27.7 Å². The fraction of sp³-hybridized carbons (Fsp3) is 0.412. The summed E-state index contributed by atoms with van der Waals surface area (Å²) in [4.78, 5) is 17.6. The fourth-order valence-electron chi connectivity index (χ4n) is 2.69. The van der Waals surface area contributed by atoms with Crippen LogP contribution in [0, 0.1) is 6.92 Å². The molecule has 0 atom stereocenters. The number of hydrogen-bond donors (Lipinski definition) is 2. The molecule has 1 fully saturated rings. The average Bonchev–Trinajstić information content (AvgIpc) is 2.95. The number of hydrogen-bond acceptors (Lipinski definition) is 4. The van der Waals surface area contributed by atoms with E-state index in [4.69, 9.17) is 0 Å². The number of benzene rings is 1. The van der Waals surface area contributed by atoms with Gasteiger partial charge in [-0.25, -0.2) is 9.78 Å². The zero-order valence-corrected chi connectivity index (χ0v) is 14.8. The Labute approximate surface area is 145 Å². The summed E-state index contributed by atoms with van der Waals surface area (Å²) in [6.45, 7) is 2.00. The van der Waals surface area contributed by atoms with E-state index >= 15 is 0 Å². The van der Waals surface area contributed by atoms with Crippen molar-refractivity contribution in [1.82, 2.24) is 10.3 Å². The summed E-state index contributed by atoms with van der Waals surface area (Å²) in [5, 5.41) is 8.02. The number of amides is 2. The van der Waals surface area contributed by atoms with E-state index < -0.39 is 0 Å². The van der Waals surface area contributed by atoms with Crippen LogP contribution in [0.5, 0.6) is 0 Å². The zero-order valence-electron chi connectivity index (χ0n) is 13.2. The Bertz CT molecular complexity index is 648. The lowest BCUT2D eigenvalue weighted by Gasteiger charge is -2.22. The van der Waals surface area contributed by atoms with Crippen LogP contribution in [0.25, 0.3) is 0 Å². The Hall–Kier alpha value is -1.53. The lowest BCUT2D eigenvalue weighted by Crippen LogP contribution is -2.38. The second-order valence-corrected chi connectivity index (χ2v) is 7.99. The third-order valence-electron chi connectivity index (χ3n) is 3.86. The third-order valence-corrected chi connectivity index (χ3v) is 5.92.